The van der Waals surface area contributed by atoms with E-state index >= 15 is 0 Å². The predicted molar refractivity (Wildman–Crippen MR) is 208 cm³/mol. The first-order chi connectivity index (χ1) is 23.8. The average Bonchev–Trinajstić information content (AvgIpc) is 3.16. The molecule has 0 spiro atoms. The highest BCUT2D eigenvalue weighted by Gasteiger charge is 2.18. The second-order valence-electron chi connectivity index (χ2n) is 12.9. The molecule has 222 valence electrons. The number of hydrogen-bond donors (Lipinski definition) is 0. The second kappa shape index (κ2) is 10.7. The minimum absolute atomic E-state index is 1.23. The van der Waals surface area contributed by atoms with Gasteiger partial charge < -0.3 is 0 Å². The van der Waals surface area contributed by atoms with E-state index in [1.165, 1.54) is 98.0 Å². The molecule has 10 rings (SSSR count). The minimum Gasteiger partial charge on any atom is -0.0616 e. The third-order valence-electron chi connectivity index (χ3n) is 10.2. The van der Waals surface area contributed by atoms with Gasteiger partial charge in [-0.2, -0.15) is 0 Å². The van der Waals surface area contributed by atoms with E-state index in [2.05, 4.69) is 182 Å². The van der Waals surface area contributed by atoms with E-state index in [-0.39, 0.29) is 0 Å². The minimum atomic E-state index is 1.23. The molecule has 0 unspecified atom stereocenters. The molecule has 0 N–H and O–H groups in total. The Morgan fingerprint density at radius 3 is 1.65 bits per heavy atom. The zero-order valence-corrected chi connectivity index (χ0v) is 26.3. The maximum Gasteiger partial charge on any atom is -0.00201 e. The predicted octanol–water partition coefficient (Wildman–Crippen LogP) is 13.6. The highest BCUT2D eigenvalue weighted by atomic mass is 14.2. The van der Waals surface area contributed by atoms with Crippen LogP contribution in [-0.4, -0.2) is 0 Å². The normalized spacial score (nSPS) is 11.8. The summed E-state index contributed by atoms with van der Waals surface area (Å²) in [6, 6.07) is 67.2. The Morgan fingerprint density at radius 2 is 0.771 bits per heavy atom. The molecular formula is C48H30. The zero-order valence-electron chi connectivity index (χ0n) is 26.3. The van der Waals surface area contributed by atoms with Crippen LogP contribution in [0.3, 0.4) is 0 Å². The van der Waals surface area contributed by atoms with Crippen molar-refractivity contribution in [2.75, 3.05) is 0 Å². The molecule has 0 atom stereocenters. The number of benzene rings is 10. The van der Waals surface area contributed by atoms with Crippen LogP contribution in [0.4, 0.5) is 0 Å². The number of rotatable bonds is 3. The topological polar surface area (TPSA) is 0 Å². The second-order valence-corrected chi connectivity index (χ2v) is 12.9. The Hall–Kier alpha value is -6.24. The Bertz CT molecular complexity index is 2890. The van der Waals surface area contributed by atoms with E-state index in [1.807, 2.05) is 0 Å². The molecule has 0 fully saturated rings. The highest BCUT2D eigenvalue weighted by molar-refractivity contribution is 6.22. The fourth-order valence-corrected chi connectivity index (χ4v) is 7.96. The molecule has 0 saturated heterocycles. The monoisotopic (exact) mass is 606 g/mol. The molecule has 0 saturated carbocycles. The summed E-state index contributed by atoms with van der Waals surface area (Å²) < 4.78 is 0. The van der Waals surface area contributed by atoms with E-state index in [1.54, 1.807) is 0 Å². The lowest BCUT2D eigenvalue weighted by molar-refractivity contribution is 1.66. The quantitative estimate of drug-likeness (QED) is 0.139. The van der Waals surface area contributed by atoms with Crippen LogP contribution in [0.15, 0.2) is 182 Å². The van der Waals surface area contributed by atoms with Gasteiger partial charge in [0.15, 0.2) is 0 Å². The van der Waals surface area contributed by atoms with Gasteiger partial charge in [0.05, 0.1) is 0 Å². The third kappa shape index (κ3) is 4.16. The summed E-state index contributed by atoms with van der Waals surface area (Å²) >= 11 is 0. The molecule has 10 aromatic rings. The molecule has 0 nitrogen and oxygen atoms in total. The van der Waals surface area contributed by atoms with Gasteiger partial charge in [0.1, 0.15) is 0 Å². The van der Waals surface area contributed by atoms with Crippen molar-refractivity contribution in [1.29, 1.82) is 0 Å². The van der Waals surface area contributed by atoms with Crippen LogP contribution in [0.1, 0.15) is 0 Å². The van der Waals surface area contributed by atoms with Crippen molar-refractivity contribution in [2.45, 2.75) is 0 Å². The van der Waals surface area contributed by atoms with E-state index in [9.17, 15) is 0 Å². The van der Waals surface area contributed by atoms with Crippen LogP contribution in [0.25, 0.3) is 98.0 Å². The van der Waals surface area contributed by atoms with Crippen molar-refractivity contribution in [3.05, 3.63) is 182 Å². The van der Waals surface area contributed by atoms with Gasteiger partial charge in [-0.05, 0) is 116 Å². The first kappa shape index (κ1) is 26.9. The largest absolute Gasteiger partial charge is 0.0616 e. The van der Waals surface area contributed by atoms with Crippen LogP contribution in [0, 0.1) is 0 Å². The van der Waals surface area contributed by atoms with Crippen LogP contribution in [0.2, 0.25) is 0 Å². The molecular weight excluding hydrogens is 577 g/mol. The Labute approximate surface area is 279 Å². The van der Waals surface area contributed by atoms with Gasteiger partial charge in [-0.3, -0.25) is 0 Å². The summed E-state index contributed by atoms with van der Waals surface area (Å²) in [6.07, 6.45) is 0. The van der Waals surface area contributed by atoms with Crippen molar-refractivity contribution < 1.29 is 0 Å². The van der Waals surface area contributed by atoms with E-state index < -0.39 is 0 Å². The van der Waals surface area contributed by atoms with Crippen molar-refractivity contribution in [2.24, 2.45) is 0 Å². The zero-order chi connectivity index (χ0) is 31.6. The van der Waals surface area contributed by atoms with Crippen LogP contribution in [0.5, 0.6) is 0 Å². The number of hydrogen-bond acceptors (Lipinski definition) is 0. The number of fused-ring (bicyclic) bond motifs is 7. The Morgan fingerprint density at radius 1 is 0.229 bits per heavy atom. The molecule has 48 heavy (non-hydrogen) atoms. The van der Waals surface area contributed by atoms with Gasteiger partial charge in [-0.25, -0.2) is 0 Å². The fourth-order valence-electron chi connectivity index (χ4n) is 7.96. The molecule has 10 aromatic carbocycles. The lowest BCUT2D eigenvalue weighted by Gasteiger charge is -2.19. The maximum absolute atomic E-state index is 2.42. The van der Waals surface area contributed by atoms with E-state index in [0.29, 0.717) is 0 Å². The van der Waals surface area contributed by atoms with E-state index in [4.69, 9.17) is 0 Å². The molecule has 0 aliphatic rings. The van der Waals surface area contributed by atoms with Gasteiger partial charge in [0.25, 0.3) is 0 Å². The summed E-state index contributed by atoms with van der Waals surface area (Å²) in [5.41, 5.74) is 7.53. The van der Waals surface area contributed by atoms with Gasteiger partial charge in [0.2, 0.25) is 0 Å². The SMILES string of the molecule is c1ccc2cc(-c3c4cccc(-c5ccc6c(ccc7ccccc76)c5)c4cc4cccc(-c5cccc6ccccc56)c34)ccc2c1. The molecule has 0 bridgehead atoms. The molecule has 0 aliphatic heterocycles. The molecule has 0 amide bonds. The van der Waals surface area contributed by atoms with E-state index in [0.717, 1.165) is 0 Å². The van der Waals surface area contributed by atoms with Crippen molar-refractivity contribution in [3.8, 4) is 33.4 Å². The average molecular weight is 607 g/mol. The van der Waals surface area contributed by atoms with Gasteiger partial charge in [0, 0.05) is 0 Å². The van der Waals surface area contributed by atoms with Crippen molar-refractivity contribution in [3.63, 3.8) is 0 Å². The van der Waals surface area contributed by atoms with Crippen LogP contribution >= 0.6 is 0 Å². The maximum atomic E-state index is 2.42. The van der Waals surface area contributed by atoms with Crippen LogP contribution in [-0.2, 0) is 0 Å². The molecule has 0 heterocycles. The van der Waals surface area contributed by atoms with Gasteiger partial charge >= 0.3 is 0 Å². The summed E-state index contributed by atoms with van der Waals surface area (Å²) in [6.45, 7) is 0. The molecule has 0 aliphatic carbocycles. The van der Waals surface area contributed by atoms with Gasteiger partial charge in [-0.15, -0.1) is 0 Å². The summed E-state index contributed by atoms with van der Waals surface area (Å²) in [5.74, 6) is 0. The van der Waals surface area contributed by atoms with Crippen molar-refractivity contribution in [1.82, 2.24) is 0 Å². The Kier molecular flexibility index (Phi) is 5.98. The first-order valence-corrected chi connectivity index (χ1v) is 16.7. The Balaban J connectivity index is 1.30. The lowest BCUT2D eigenvalue weighted by atomic mass is 9.84. The van der Waals surface area contributed by atoms with Crippen molar-refractivity contribution >= 4 is 64.6 Å². The smallest absolute Gasteiger partial charge is 0.00201 e. The summed E-state index contributed by atoms with van der Waals surface area (Å²) in [4.78, 5) is 0. The molecule has 0 radical (unpaired) electrons. The summed E-state index contributed by atoms with van der Waals surface area (Å²) in [7, 11) is 0. The fraction of sp³-hybridized carbons (Fsp3) is 0. The first-order valence-electron chi connectivity index (χ1n) is 16.7. The van der Waals surface area contributed by atoms with Gasteiger partial charge in [-0.1, -0.05) is 164 Å². The molecule has 0 heteroatoms. The highest BCUT2D eigenvalue weighted by Crippen LogP contribution is 2.45. The molecule has 0 aromatic heterocycles. The standard InChI is InChI=1S/C48H30/c1-2-13-34-28-38(25-22-31(34)10-1)48-45-21-9-18-41(36-26-27-42-35(29-36)24-23-33-12-4-5-16-39(33)42)46(45)30-37-15-8-20-44(47(37)48)43-19-7-14-32-11-3-6-17-40(32)43/h1-30H. The van der Waals surface area contributed by atoms with Crippen LogP contribution < -0.4 is 0 Å². The third-order valence-corrected chi connectivity index (χ3v) is 10.2. The lowest BCUT2D eigenvalue weighted by Crippen LogP contribution is -1.92. The summed E-state index contributed by atoms with van der Waals surface area (Å²) in [5, 5.41) is 15.2.